The monoisotopic (exact) mass is 385 g/mol. The van der Waals surface area contributed by atoms with E-state index in [-0.39, 0.29) is 16.8 Å². The lowest BCUT2D eigenvalue weighted by molar-refractivity contribution is -0.384. The second-order valence-electron chi connectivity index (χ2n) is 6.66. The molecular formula is C20H23N3O3S. The average Bonchev–Trinajstić information content (AvgIpc) is 2.68. The Bertz CT molecular complexity index is 817. The number of aryl methyl sites for hydroxylation is 1. The maximum Gasteiger partial charge on any atom is 0.269 e. The molecule has 1 atom stereocenters. The third kappa shape index (κ3) is 4.80. The van der Waals surface area contributed by atoms with Gasteiger partial charge in [-0.05, 0) is 43.7 Å². The number of nitrogens with zero attached hydrogens (tertiary/aromatic N) is 3. The number of hydrogen-bond donors (Lipinski definition) is 0. The molecule has 2 aromatic rings. The van der Waals surface area contributed by atoms with Gasteiger partial charge in [-0.2, -0.15) is 0 Å². The minimum atomic E-state index is -0.420. The number of non-ortho nitro benzene ring substituents is 1. The van der Waals surface area contributed by atoms with Crippen molar-refractivity contribution in [2.45, 2.75) is 24.0 Å². The normalized spacial score (nSPS) is 15.5. The van der Waals surface area contributed by atoms with E-state index in [0.29, 0.717) is 13.1 Å². The fraction of sp³-hybridized carbons (Fsp3) is 0.350. The van der Waals surface area contributed by atoms with Crippen LogP contribution in [0.5, 0.6) is 0 Å². The van der Waals surface area contributed by atoms with E-state index < -0.39 is 4.92 Å². The lowest BCUT2D eigenvalue weighted by Gasteiger charge is -2.37. The Balaban J connectivity index is 1.54. The van der Waals surface area contributed by atoms with Crippen LogP contribution < -0.4 is 4.90 Å². The van der Waals surface area contributed by atoms with Crippen molar-refractivity contribution in [1.82, 2.24) is 4.90 Å². The van der Waals surface area contributed by atoms with Crippen molar-refractivity contribution in [2.75, 3.05) is 31.1 Å². The highest BCUT2D eigenvalue weighted by molar-refractivity contribution is 8.00. The Kier molecular flexibility index (Phi) is 6.01. The zero-order valence-electron chi connectivity index (χ0n) is 15.5. The number of piperazine rings is 1. The summed E-state index contributed by atoms with van der Waals surface area (Å²) in [4.78, 5) is 28.1. The molecule has 0 aromatic heterocycles. The van der Waals surface area contributed by atoms with Gasteiger partial charge < -0.3 is 9.80 Å². The van der Waals surface area contributed by atoms with Crippen molar-refractivity contribution < 1.29 is 9.72 Å². The van der Waals surface area contributed by atoms with Crippen LogP contribution in [-0.4, -0.2) is 47.2 Å². The van der Waals surface area contributed by atoms with Gasteiger partial charge in [-0.25, -0.2) is 0 Å². The number of nitro groups is 1. The molecule has 1 amide bonds. The maximum atomic E-state index is 12.8. The van der Waals surface area contributed by atoms with Crippen LogP contribution in [0.2, 0.25) is 0 Å². The molecule has 1 fully saturated rings. The van der Waals surface area contributed by atoms with E-state index in [9.17, 15) is 14.9 Å². The van der Waals surface area contributed by atoms with Crippen molar-refractivity contribution in [1.29, 1.82) is 0 Å². The minimum absolute atomic E-state index is 0.0607. The molecule has 0 unspecified atom stereocenters. The van der Waals surface area contributed by atoms with Gasteiger partial charge in [-0.1, -0.05) is 12.1 Å². The number of benzene rings is 2. The summed E-state index contributed by atoms with van der Waals surface area (Å²) in [5.74, 6) is 0.113. The fourth-order valence-corrected chi connectivity index (χ4v) is 4.12. The largest absolute Gasteiger partial charge is 0.368 e. The summed E-state index contributed by atoms with van der Waals surface area (Å²) >= 11 is 1.44. The Morgan fingerprint density at radius 3 is 2.37 bits per heavy atom. The number of hydrogen-bond acceptors (Lipinski definition) is 5. The molecule has 0 radical (unpaired) electrons. The summed E-state index contributed by atoms with van der Waals surface area (Å²) in [7, 11) is 0. The smallest absolute Gasteiger partial charge is 0.269 e. The molecule has 1 heterocycles. The summed E-state index contributed by atoms with van der Waals surface area (Å²) in [6, 6.07) is 14.8. The lowest BCUT2D eigenvalue weighted by atomic mass is 10.2. The van der Waals surface area contributed by atoms with Gasteiger partial charge in [0.15, 0.2) is 0 Å². The summed E-state index contributed by atoms with van der Waals surface area (Å²) in [6.45, 7) is 7.03. The van der Waals surface area contributed by atoms with E-state index in [1.165, 1.54) is 35.1 Å². The molecule has 0 saturated carbocycles. The Morgan fingerprint density at radius 2 is 1.78 bits per heavy atom. The van der Waals surface area contributed by atoms with Gasteiger partial charge in [0, 0.05) is 48.9 Å². The highest BCUT2D eigenvalue weighted by atomic mass is 32.2. The van der Waals surface area contributed by atoms with Gasteiger partial charge in [-0.3, -0.25) is 14.9 Å². The number of nitro benzene ring substituents is 1. The third-order valence-corrected chi connectivity index (χ3v) is 5.77. The molecule has 0 bridgehead atoms. The third-order valence-electron chi connectivity index (χ3n) is 4.67. The van der Waals surface area contributed by atoms with Gasteiger partial charge in [0.2, 0.25) is 5.91 Å². The molecule has 142 valence electrons. The standard InChI is InChI=1S/C20H23N3O3S/c1-15-4-3-5-18(14-15)21-10-12-22(13-11-21)20(24)16(2)27-19-8-6-17(7-9-19)23(25)26/h3-9,14,16H,10-13H2,1-2H3/t16-/m0/s1. The van der Waals surface area contributed by atoms with Crippen molar-refractivity contribution >= 4 is 29.0 Å². The molecule has 7 heteroatoms. The van der Waals surface area contributed by atoms with Gasteiger partial charge in [0.1, 0.15) is 0 Å². The number of carbonyl (C=O) groups is 1. The van der Waals surface area contributed by atoms with E-state index in [1.54, 1.807) is 12.1 Å². The van der Waals surface area contributed by atoms with E-state index >= 15 is 0 Å². The first-order valence-corrected chi connectivity index (χ1v) is 9.83. The molecule has 2 aromatic carbocycles. The van der Waals surface area contributed by atoms with E-state index in [2.05, 4.69) is 36.1 Å². The van der Waals surface area contributed by atoms with Crippen molar-refractivity contribution in [2.24, 2.45) is 0 Å². The van der Waals surface area contributed by atoms with Crippen LogP contribution in [0, 0.1) is 17.0 Å². The molecule has 1 aliphatic heterocycles. The maximum absolute atomic E-state index is 12.8. The van der Waals surface area contributed by atoms with Crippen molar-refractivity contribution in [3.8, 4) is 0 Å². The van der Waals surface area contributed by atoms with Crippen LogP contribution >= 0.6 is 11.8 Å². The first-order valence-electron chi connectivity index (χ1n) is 8.95. The molecule has 0 spiro atoms. The van der Waals surface area contributed by atoms with Gasteiger partial charge in [-0.15, -0.1) is 11.8 Å². The predicted molar refractivity (Wildman–Crippen MR) is 108 cm³/mol. The summed E-state index contributed by atoms with van der Waals surface area (Å²) < 4.78 is 0. The zero-order chi connectivity index (χ0) is 19.4. The summed E-state index contributed by atoms with van der Waals surface area (Å²) in [6.07, 6.45) is 0. The lowest BCUT2D eigenvalue weighted by Crippen LogP contribution is -2.50. The topological polar surface area (TPSA) is 66.7 Å². The molecule has 0 aliphatic carbocycles. The van der Waals surface area contributed by atoms with Crippen LogP contribution in [-0.2, 0) is 4.79 Å². The minimum Gasteiger partial charge on any atom is -0.368 e. The van der Waals surface area contributed by atoms with Crippen LogP contribution in [0.15, 0.2) is 53.4 Å². The summed E-state index contributed by atoms with van der Waals surface area (Å²) in [5.41, 5.74) is 2.50. The van der Waals surface area contributed by atoms with Gasteiger partial charge >= 0.3 is 0 Å². The molecule has 27 heavy (non-hydrogen) atoms. The van der Waals surface area contributed by atoms with E-state index in [0.717, 1.165) is 18.0 Å². The first-order chi connectivity index (χ1) is 12.9. The van der Waals surface area contributed by atoms with Crippen LogP contribution in [0.3, 0.4) is 0 Å². The highest BCUT2D eigenvalue weighted by Gasteiger charge is 2.25. The molecule has 6 nitrogen and oxygen atoms in total. The van der Waals surface area contributed by atoms with Crippen LogP contribution in [0.4, 0.5) is 11.4 Å². The van der Waals surface area contributed by atoms with Crippen LogP contribution in [0.25, 0.3) is 0 Å². The molecular weight excluding hydrogens is 362 g/mol. The number of carbonyl (C=O) groups excluding carboxylic acids is 1. The predicted octanol–water partition coefficient (Wildman–Crippen LogP) is 3.73. The second kappa shape index (κ2) is 8.43. The molecule has 1 saturated heterocycles. The number of rotatable bonds is 5. The SMILES string of the molecule is Cc1cccc(N2CCN(C(=O)[C@H](C)Sc3ccc([N+](=O)[O-])cc3)CC2)c1. The Hall–Kier alpha value is -2.54. The van der Waals surface area contributed by atoms with Crippen molar-refractivity contribution in [3.05, 3.63) is 64.2 Å². The average molecular weight is 385 g/mol. The quantitative estimate of drug-likeness (QED) is 0.446. The fourth-order valence-electron chi connectivity index (χ4n) is 3.17. The number of thioether (sulfide) groups is 1. The molecule has 0 N–H and O–H groups in total. The second-order valence-corrected chi connectivity index (χ2v) is 8.08. The van der Waals surface area contributed by atoms with E-state index in [4.69, 9.17) is 0 Å². The van der Waals surface area contributed by atoms with Crippen molar-refractivity contribution in [3.63, 3.8) is 0 Å². The molecule has 3 rings (SSSR count). The highest BCUT2D eigenvalue weighted by Crippen LogP contribution is 2.27. The number of amides is 1. The van der Waals surface area contributed by atoms with Crippen LogP contribution in [0.1, 0.15) is 12.5 Å². The zero-order valence-corrected chi connectivity index (χ0v) is 16.3. The number of anilines is 1. The van der Waals surface area contributed by atoms with E-state index in [1.807, 2.05) is 11.8 Å². The Labute approximate surface area is 163 Å². The first kappa shape index (κ1) is 19.2. The Morgan fingerprint density at radius 1 is 1.11 bits per heavy atom. The molecule has 1 aliphatic rings. The van der Waals surface area contributed by atoms with Gasteiger partial charge in [0.25, 0.3) is 5.69 Å². The van der Waals surface area contributed by atoms with Gasteiger partial charge in [0.05, 0.1) is 10.2 Å². The summed E-state index contributed by atoms with van der Waals surface area (Å²) in [5, 5.41) is 10.5.